The van der Waals surface area contributed by atoms with Gasteiger partial charge < -0.3 is 9.47 Å². The van der Waals surface area contributed by atoms with E-state index in [1.54, 1.807) is 24.9 Å². The summed E-state index contributed by atoms with van der Waals surface area (Å²) in [5, 5.41) is 1.17. The van der Waals surface area contributed by atoms with Crippen LogP contribution in [0.25, 0.3) is 16.6 Å². The van der Waals surface area contributed by atoms with Gasteiger partial charge in [-0.1, -0.05) is 53.7 Å². The third-order valence-corrected chi connectivity index (χ3v) is 5.85. The van der Waals surface area contributed by atoms with Gasteiger partial charge in [0.1, 0.15) is 11.5 Å². The molecule has 6 heteroatoms. The number of hydrogen-bond donors (Lipinski definition) is 0. The Kier molecular flexibility index (Phi) is 5.77. The van der Waals surface area contributed by atoms with Gasteiger partial charge in [-0.3, -0.25) is 9.36 Å². The lowest BCUT2D eigenvalue weighted by Crippen LogP contribution is -2.22. The molecule has 0 bridgehead atoms. The van der Waals surface area contributed by atoms with E-state index in [1.165, 1.54) is 11.8 Å². The number of para-hydroxylation sites is 3. The van der Waals surface area contributed by atoms with Crippen molar-refractivity contribution in [2.45, 2.75) is 17.8 Å². The van der Waals surface area contributed by atoms with E-state index in [2.05, 4.69) is 6.07 Å². The summed E-state index contributed by atoms with van der Waals surface area (Å²) < 4.78 is 12.7. The number of nitrogens with zero attached hydrogens (tertiary/aromatic N) is 2. The SMILES string of the molecule is COc1ccc(C)cc1CSc1nc2ccccc2c(=O)n1-c1ccccc1OC. The molecule has 0 amide bonds. The fourth-order valence-corrected chi connectivity index (χ4v) is 4.38. The number of benzene rings is 3. The second kappa shape index (κ2) is 8.63. The monoisotopic (exact) mass is 418 g/mol. The first-order chi connectivity index (χ1) is 14.6. The molecule has 4 rings (SSSR count). The molecule has 1 aromatic heterocycles. The van der Waals surface area contributed by atoms with E-state index >= 15 is 0 Å². The summed E-state index contributed by atoms with van der Waals surface area (Å²) in [6.07, 6.45) is 0. The molecule has 0 radical (unpaired) electrons. The molecule has 0 fully saturated rings. The first-order valence-electron chi connectivity index (χ1n) is 9.54. The molecule has 0 aliphatic rings. The highest BCUT2D eigenvalue weighted by atomic mass is 32.2. The first kappa shape index (κ1) is 20.0. The van der Waals surface area contributed by atoms with Crippen molar-refractivity contribution in [3.63, 3.8) is 0 Å². The zero-order chi connectivity index (χ0) is 21.1. The number of ether oxygens (including phenoxy) is 2. The Morgan fingerprint density at radius 2 is 1.67 bits per heavy atom. The van der Waals surface area contributed by atoms with Crippen molar-refractivity contribution in [3.05, 3.63) is 88.2 Å². The zero-order valence-electron chi connectivity index (χ0n) is 17.1. The molecule has 0 saturated carbocycles. The first-order valence-corrected chi connectivity index (χ1v) is 10.5. The van der Waals surface area contributed by atoms with Gasteiger partial charge in [0, 0.05) is 11.3 Å². The molecular formula is C24H22N2O3S. The molecule has 0 spiro atoms. The standard InChI is InChI=1S/C24H22N2O3S/c1-16-12-13-21(28-2)17(14-16)15-30-24-25-19-9-5-4-8-18(19)23(27)26(24)20-10-6-7-11-22(20)29-3/h4-14H,15H2,1-3H3. The van der Waals surface area contributed by atoms with Gasteiger partial charge in [0.05, 0.1) is 30.8 Å². The van der Waals surface area contributed by atoms with Crippen LogP contribution >= 0.6 is 11.8 Å². The number of aryl methyl sites for hydroxylation is 1. The van der Waals surface area contributed by atoms with Crippen LogP contribution in [0.4, 0.5) is 0 Å². The van der Waals surface area contributed by atoms with Crippen LogP contribution in [0.3, 0.4) is 0 Å². The highest BCUT2D eigenvalue weighted by molar-refractivity contribution is 7.98. The van der Waals surface area contributed by atoms with E-state index < -0.39 is 0 Å². The Morgan fingerprint density at radius 3 is 2.47 bits per heavy atom. The lowest BCUT2D eigenvalue weighted by Gasteiger charge is -2.16. The second-order valence-electron chi connectivity index (χ2n) is 6.83. The lowest BCUT2D eigenvalue weighted by atomic mass is 10.1. The average molecular weight is 419 g/mol. The van der Waals surface area contributed by atoms with Gasteiger partial charge in [-0.25, -0.2) is 4.98 Å². The fourth-order valence-electron chi connectivity index (χ4n) is 3.40. The van der Waals surface area contributed by atoms with Gasteiger partial charge in [-0.15, -0.1) is 0 Å². The summed E-state index contributed by atoms with van der Waals surface area (Å²) in [6, 6.07) is 21.0. The number of aromatic nitrogens is 2. The van der Waals surface area contributed by atoms with E-state index in [0.29, 0.717) is 33.2 Å². The van der Waals surface area contributed by atoms with Gasteiger partial charge in [-0.2, -0.15) is 0 Å². The minimum atomic E-state index is -0.121. The average Bonchev–Trinajstić information content (AvgIpc) is 2.78. The van der Waals surface area contributed by atoms with Crippen LogP contribution in [0, 0.1) is 6.92 Å². The number of methoxy groups -OCH3 is 2. The fraction of sp³-hybridized carbons (Fsp3) is 0.167. The van der Waals surface area contributed by atoms with Crippen LogP contribution in [-0.4, -0.2) is 23.8 Å². The maximum absolute atomic E-state index is 13.4. The number of hydrogen-bond acceptors (Lipinski definition) is 5. The summed E-state index contributed by atoms with van der Waals surface area (Å²) in [6.45, 7) is 2.05. The molecule has 5 nitrogen and oxygen atoms in total. The predicted molar refractivity (Wildman–Crippen MR) is 121 cm³/mol. The smallest absolute Gasteiger partial charge is 0.266 e. The summed E-state index contributed by atoms with van der Waals surface area (Å²) in [5.41, 5.74) is 3.43. The summed E-state index contributed by atoms with van der Waals surface area (Å²) in [4.78, 5) is 18.2. The third-order valence-electron chi connectivity index (χ3n) is 4.86. The number of thioether (sulfide) groups is 1. The molecule has 0 N–H and O–H groups in total. The number of fused-ring (bicyclic) bond motifs is 1. The van der Waals surface area contributed by atoms with Crippen molar-refractivity contribution in [3.8, 4) is 17.2 Å². The van der Waals surface area contributed by atoms with Gasteiger partial charge in [-0.05, 0) is 37.3 Å². The Labute approximate surface area is 179 Å². The van der Waals surface area contributed by atoms with Crippen LogP contribution < -0.4 is 15.0 Å². The summed E-state index contributed by atoms with van der Waals surface area (Å²) in [7, 11) is 3.26. The van der Waals surface area contributed by atoms with Crippen LogP contribution in [0.2, 0.25) is 0 Å². The largest absolute Gasteiger partial charge is 0.496 e. The molecule has 0 atom stereocenters. The van der Waals surface area contributed by atoms with Crippen LogP contribution in [0.5, 0.6) is 11.5 Å². The molecular weight excluding hydrogens is 396 g/mol. The number of rotatable bonds is 6. The van der Waals surface area contributed by atoms with Gasteiger partial charge in [0.25, 0.3) is 5.56 Å². The highest BCUT2D eigenvalue weighted by Gasteiger charge is 2.17. The Hall–Kier alpha value is -3.25. The van der Waals surface area contributed by atoms with Crippen molar-refractivity contribution in [2.24, 2.45) is 0 Å². The van der Waals surface area contributed by atoms with E-state index in [-0.39, 0.29) is 5.56 Å². The summed E-state index contributed by atoms with van der Waals surface area (Å²) in [5.74, 6) is 2.05. The van der Waals surface area contributed by atoms with Crippen LogP contribution in [0.1, 0.15) is 11.1 Å². The molecule has 0 saturated heterocycles. The molecule has 3 aromatic carbocycles. The molecule has 0 aliphatic heterocycles. The third kappa shape index (κ3) is 3.78. The Bertz CT molecular complexity index is 1270. The van der Waals surface area contributed by atoms with Crippen LogP contribution in [0.15, 0.2) is 76.7 Å². The maximum Gasteiger partial charge on any atom is 0.266 e. The topological polar surface area (TPSA) is 53.3 Å². The molecule has 0 unspecified atom stereocenters. The summed E-state index contributed by atoms with van der Waals surface area (Å²) >= 11 is 1.50. The Morgan fingerprint density at radius 1 is 0.933 bits per heavy atom. The van der Waals surface area contributed by atoms with E-state index in [1.807, 2.05) is 61.5 Å². The minimum absolute atomic E-state index is 0.121. The van der Waals surface area contributed by atoms with E-state index in [0.717, 1.165) is 16.9 Å². The molecule has 4 aromatic rings. The van der Waals surface area contributed by atoms with E-state index in [9.17, 15) is 4.79 Å². The van der Waals surface area contributed by atoms with Crippen molar-refractivity contribution in [2.75, 3.05) is 14.2 Å². The quantitative estimate of drug-likeness (QED) is 0.326. The molecule has 152 valence electrons. The van der Waals surface area contributed by atoms with Crippen molar-refractivity contribution in [1.82, 2.24) is 9.55 Å². The molecule has 0 aliphatic carbocycles. The van der Waals surface area contributed by atoms with Crippen LogP contribution in [-0.2, 0) is 5.75 Å². The second-order valence-corrected chi connectivity index (χ2v) is 7.77. The van der Waals surface area contributed by atoms with Crippen molar-refractivity contribution in [1.29, 1.82) is 0 Å². The van der Waals surface area contributed by atoms with Gasteiger partial charge in [0.2, 0.25) is 0 Å². The minimum Gasteiger partial charge on any atom is -0.496 e. The van der Waals surface area contributed by atoms with Crippen molar-refractivity contribution >= 4 is 22.7 Å². The molecule has 1 heterocycles. The predicted octanol–water partition coefficient (Wildman–Crippen LogP) is 5.00. The van der Waals surface area contributed by atoms with E-state index in [4.69, 9.17) is 14.5 Å². The van der Waals surface area contributed by atoms with Crippen molar-refractivity contribution < 1.29 is 9.47 Å². The molecule has 30 heavy (non-hydrogen) atoms. The lowest BCUT2D eigenvalue weighted by molar-refractivity contribution is 0.411. The highest BCUT2D eigenvalue weighted by Crippen LogP contribution is 2.31. The maximum atomic E-state index is 13.4. The van der Waals surface area contributed by atoms with Gasteiger partial charge in [0.15, 0.2) is 5.16 Å². The van der Waals surface area contributed by atoms with Gasteiger partial charge >= 0.3 is 0 Å². The normalized spacial score (nSPS) is 10.9. The Balaban J connectivity index is 1.87. The zero-order valence-corrected chi connectivity index (χ0v) is 17.9.